The smallest absolute Gasteiger partial charge is 0.506 e. The number of hydrogen-bond acceptors (Lipinski definition) is 6. The molecule has 0 aromatic heterocycles. The molecule has 0 saturated heterocycles. The van der Waals surface area contributed by atoms with Crippen molar-refractivity contribution < 1.29 is 38.7 Å². The van der Waals surface area contributed by atoms with Crippen molar-refractivity contribution in [2.24, 2.45) is 0 Å². The van der Waals surface area contributed by atoms with E-state index in [1.54, 1.807) is 0 Å². The molecule has 0 amide bonds. The van der Waals surface area contributed by atoms with E-state index < -0.39 is 30.5 Å². The zero-order chi connectivity index (χ0) is 11.4. The van der Waals surface area contributed by atoms with Crippen LogP contribution in [0.3, 0.4) is 0 Å². The van der Waals surface area contributed by atoms with E-state index >= 15 is 0 Å². The fourth-order valence-corrected chi connectivity index (χ4v) is 0.778. The molecule has 0 heterocycles. The van der Waals surface area contributed by atoms with Gasteiger partial charge in [0.25, 0.3) is 0 Å². The molecule has 1 aromatic rings. The molecule has 0 atom stereocenters. The summed E-state index contributed by atoms with van der Waals surface area (Å²) < 4.78 is 29.5. The van der Waals surface area contributed by atoms with Gasteiger partial charge >= 0.3 is 7.32 Å². The van der Waals surface area contributed by atoms with Gasteiger partial charge < -0.3 is 9.76 Å². The second kappa shape index (κ2) is 4.89. The maximum absolute atomic E-state index is 12.6. The second-order valence-corrected chi connectivity index (χ2v) is 2.35. The van der Waals surface area contributed by atoms with Crippen LogP contribution in [0.25, 0.3) is 0 Å². The van der Waals surface area contributed by atoms with Crippen LogP contribution in [0.4, 0.5) is 8.78 Å². The highest BCUT2D eigenvalue weighted by Gasteiger charge is 2.27. The minimum Gasteiger partial charge on any atom is -0.506 e. The van der Waals surface area contributed by atoms with Gasteiger partial charge in [-0.2, -0.15) is 0 Å². The Morgan fingerprint density at radius 2 is 1.60 bits per heavy atom. The molecule has 0 aliphatic heterocycles. The van der Waals surface area contributed by atoms with Gasteiger partial charge in [-0.25, -0.2) is 18.4 Å². The molecule has 0 bridgehead atoms. The van der Waals surface area contributed by atoms with Gasteiger partial charge in [0.2, 0.25) is 0 Å². The third-order valence-electron chi connectivity index (χ3n) is 1.40. The minimum absolute atomic E-state index is 0.441. The highest BCUT2D eigenvalue weighted by molar-refractivity contribution is 6.36. The Bertz CT molecular complexity index is 345. The Hall–Kier alpha value is -1.42. The predicted molar refractivity (Wildman–Crippen MR) is 41.8 cm³/mol. The predicted octanol–water partition coefficient (Wildman–Crippen LogP) is 1.01. The molecule has 1 rings (SSSR count). The minimum atomic E-state index is -1.99. The maximum atomic E-state index is 12.6. The third kappa shape index (κ3) is 2.76. The van der Waals surface area contributed by atoms with Crippen molar-refractivity contribution in [3.05, 3.63) is 23.8 Å². The van der Waals surface area contributed by atoms with Gasteiger partial charge in [-0.05, 0) is 0 Å². The van der Waals surface area contributed by atoms with Crippen molar-refractivity contribution in [2.45, 2.75) is 0 Å². The Morgan fingerprint density at radius 3 is 2.13 bits per heavy atom. The summed E-state index contributed by atoms with van der Waals surface area (Å²) in [6, 6.07) is 0.923. The van der Waals surface area contributed by atoms with Gasteiger partial charge in [-0.15, -0.1) is 0 Å². The first-order valence-electron chi connectivity index (χ1n) is 3.53. The summed E-state index contributed by atoms with van der Waals surface area (Å²) in [4.78, 5) is 6.81. The van der Waals surface area contributed by atoms with Crippen molar-refractivity contribution >= 4 is 7.32 Å². The first-order chi connectivity index (χ1) is 7.08. The highest BCUT2D eigenvalue weighted by atomic mass is 19.2. The molecule has 0 fully saturated rings. The van der Waals surface area contributed by atoms with Crippen LogP contribution in [0, 0.1) is 11.6 Å². The van der Waals surface area contributed by atoms with E-state index in [-0.39, 0.29) is 0 Å². The third-order valence-corrected chi connectivity index (χ3v) is 1.40. The second-order valence-electron chi connectivity index (χ2n) is 2.35. The SMILES string of the molecule is OOB(OO)Oc1cc(F)c(F)cc1O. The average molecular weight is 222 g/mol. The van der Waals surface area contributed by atoms with E-state index in [4.69, 9.17) is 15.6 Å². The van der Waals surface area contributed by atoms with E-state index in [1.165, 1.54) is 0 Å². The summed E-state index contributed by atoms with van der Waals surface area (Å²) in [5, 5.41) is 25.1. The summed E-state index contributed by atoms with van der Waals surface area (Å²) in [5.74, 6) is -3.92. The summed E-state index contributed by atoms with van der Waals surface area (Å²) in [6.07, 6.45) is 0. The molecule has 3 N–H and O–H groups in total. The Morgan fingerprint density at radius 1 is 1.07 bits per heavy atom. The van der Waals surface area contributed by atoms with Crippen molar-refractivity contribution in [3.8, 4) is 11.5 Å². The first-order valence-corrected chi connectivity index (χ1v) is 3.53. The normalized spacial score (nSPS) is 10.1. The molecule has 0 radical (unpaired) electrons. The van der Waals surface area contributed by atoms with Crippen LogP contribution >= 0.6 is 0 Å². The van der Waals surface area contributed by atoms with E-state index in [0.29, 0.717) is 12.1 Å². The lowest BCUT2D eigenvalue weighted by Crippen LogP contribution is -2.28. The number of aromatic hydroxyl groups is 1. The van der Waals surface area contributed by atoms with E-state index in [9.17, 15) is 8.78 Å². The van der Waals surface area contributed by atoms with Crippen LogP contribution in [0.5, 0.6) is 11.5 Å². The van der Waals surface area contributed by atoms with Gasteiger partial charge in [0.05, 0.1) is 0 Å². The topological polar surface area (TPSA) is 88.4 Å². The van der Waals surface area contributed by atoms with Gasteiger partial charge in [0.15, 0.2) is 17.4 Å². The molecule has 15 heavy (non-hydrogen) atoms. The van der Waals surface area contributed by atoms with Crippen LogP contribution < -0.4 is 4.65 Å². The lowest BCUT2D eigenvalue weighted by molar-refractivity contribution is -0.242. The molecular weight excluding hydrogens is 217 g/mol. The standard InChI is InChI=1S/C6H5BF2O6/c8-3-1-5(10)6(2-4(3)9)13-7(14-11)15-12/h1-2,10-12H. The van der Waals surface area contributed by atoms with E-state index in [2.05, 4.69) is 14.3 Å². The monoisotopic (exact) mass is 222 g/mol. The number of halogens is 2. The number of rotatable bonds is 4. The molecule has 9 heteroatoms. The fourth-order valence-electron chi connectivity index (χ4n) is 0.778. The number of hydrogen-bond donors (Lipinski definition) is 3. The van der Waals surface area contributed by atoms with Gasteiger partial charge in [0, 0.05) is 12.1 Å². The lowest BCUT2D eigenvalue weighted by atomic mass is 10.2. The van der Waals surface area contributed by atoms with Crippen molar-refractivity contribution in [3.63, 3.8) is 0 Å². The summed E-state index contributed by atoms with van der Waals surface area (Å²) in [6.45, 7) is 0. The molecule has 82 valence electrons. The van der Waals surface area contributed by atoms with E-state index in [0.717, 1.165) is 0 Å². The van der Waals surface area contributed by atoms with Crippen molar-refractivity contribution in [2.75, 3.05) is 0 Å². The summed E-state index contributed by atoms with van der Waals surface area (Å²) >= 11 is 0. The Labute approximate surface area is 82.3 Å². The Balaban J connectivity index is 2.89. The van der Waals surface area contributed by atoms with Crippen LogP contribution in [-0.2, 0) is 9.61 Å². The Kier molecular flexibility index (Phi) is 3.80. The van der Waals surface area contributed by atoms with Gasteiger partial charge in [-0.1, -0.05) is 0 Å². The van der Waals surface area contributed by atoms with Crippen LogP contribution in [0.15, 0.2) is 12.1 Å². The fraction of sp³-hybridized carbons (Fsp3) is 0. The van der Waals surface area contributed by atoms with Crippen LogP contribution in [-0.4, -0.2) is 22.9 Å². The zero-order valence-corrected chi connectivity index (χ0v) is 7.05. The van der Waals surface area contributed by atoms with Crippen molar-refractivity contribution in [1.29, 1.82) is 0 Å². The average Bonchev–Trinajstić information content (AvgIpc) is 2.21. The lowest BCUT2D eigenvalue weighted by Gasteiger charge is -2.09. The number of phenols is 1. The zero-order valence-electron chi connectivity index (χ0n) is 7.05. The largest absolute Gasteiger partial charge is 0.770 e. The van der Waals surface area contributed by atoms with Crippen LogP contribution in [0.2, 0.25) is 0 Å². The maximum Gasteiger partial charge on any atom is 0.770 e. The number of phenolic OH excluding ortho intramolecular Hbond substituents is 1. The highest BCUT2D eigenvalue weighted by Crippen LogP contribution is 2.28. The molecular formula is C6H5BF2O6. The quantitative estimate of drug-likeness (QED) is 0.400. The molecule has 6 nitrogen and oxygen atoms in total. The van der Waals surface area contributed by atoms with Crippen molar-refractivity contribution in [1.82, 2.24) is 0 Å². The van der Waals surface area contributed by atoms with Crippen LogP contribution in [0.1, 0.15) is 0 Å². The van der Waals surface area contributed by atoms with Gasteiger partial charge in [0.1, 0.15) is 5.75 Å². The molecule has 0 spiro atoms. The number of benzene rings is 1. The summed E-state index contributed by atoms with van der Waals surface area (Å²) in [7, 11) is -1.99. The molecule has 0 aliphatic carbocycles. The molecule has 0 saturated carbocycles. The van der Waals surface area contributed by atoms with Gasteiger partial charge in [-0.3, -0.25) is 10.5 Å². The van der Waals surface area contributed by atoms with E-state index in [1.807, 2.05) is 0 Å². The molecule has 0 unspecified atom stereocenters. The molecule has 0 aliphatic rings. The molecule has 1 aromatic carbocycles. The first kappa shape index (κ1) is 11.7. The summed E-state index contributed by atoms with van der Waals surface area (Å²) in [5.41, 5.74) is 0.